The fourth-order valence-corrected chi connectivity index (χ4v) is 4.72. The Hall–Kier alpha value is -4.57. The number of nitrogens with one attached hydrogen (secondary N) is 3. The van der Waals surface area contributed by atoms with Crippen molar-refractivity contribution < 1.29 is 24.3 Å². The molecule has 0 saturated heterocycles. The molecule has 0 aliphatic carbocycles. The van der Waals surface area contributed by atoms with Gasteiger partial charge in [-0.25, -0.2) is 4.79 Å². The molecule has 0 bridgehead atoms. The summed E-state index contributed by atoms with van der Waals surface area (Å²) < 4.78 is 0. The number of aromatic carboxylic acids is 1. The van der Waals surface area contributed by atoms with Crippen LogP contribution in [-0.2, 0) is 9.59 Å². The fraction of sp³-hybridized carbons (Fsp3) is 0.0323. The second-order valence-electron chi connectivity index (χ2n) is 8.71. The number of amides is 3. The van der Waals surface area contributed by atoms with E-state index in [-0.39, 0.29) is 27.9 Å². The Bertz CT molecular complexity index is 1660. The van der Waals surface area contributed by atoms with Crippen LogP contribution in [0.4, 0.5) is 11.4 Å². The zero-order valence-electron chi connectivity index (χ0n) is 21.8. The highest BCUT2D eigenvalue weighted by atomic mass is 35.5. The lowest BCUT2D eigenvalue weighted by Crippen LogP contribution is -2.30. The first-order chi connectivity index (χ1) is 20.2. The van der Waals surface area contributed by atoms with Gasteiger partial charge in [-0.2, -0.15) is 0 Å². The van der Waals surface area contributed by atoms with Crippen molar-refractivity contribution in [3.8, 4) is 0 Å². The first kappa shape index (κ1) is 30.4. The maximum atomic E-state index is 13.2. The molecule has 4 aromatic carbocycles. The summed E-state index contributed by atoms with van der Waals surface area (Å²) in [6.45, 7) is 0. The monoisotopic (exact) mass is 619 g/mol. The van der Waals surface area contributed by atoms with E-state index in [1.165, 1.54) is 36.0 Å². The first-order valence-corrected chi connectivity index (χ1v) is 14.1. The lowest BCUT2D eigenvalue weighted by atomic mass is 10.1. The van der Waals surface area contributed by atoms with E-state index in [4.69, 9.17) is 23.2 Å². The van der Waals surface area contributed by atoms with Crippen LogP contribution in [0.25, 0.3) is 6.08 Å². The van der Waals surface area contributed by atoms with Gasteiger partial charge < -0.3 is 21.1 Å². The van der Waals surface area contributed by atoms with E-state index in [9.17, 15) is 24.3 Å². The molecule has 212 valence electrons. The number of carbonyl (C=O) groups excluding carboxylic acids is 3. The van der Waals surface area contributed by atoms with Crippen molar-refractivity contribution in [2.75, 3.05) is 16.4 Å². The van der Waals surface area contributed by atoms with E-state index in [1.807, 2.05) is 0 Å². The molecule has 4 N–H and O–H groups in total. The third kappa shape index (κ3) is 8.47. The Morgan fingerprint density at radius 3 is 2.12 bits per heavy atom. The number of rotatable bonds is 10. The predicted octanol–water partition coefficient (Wildman–Crippen LogP) is 6.83. The van der Waals surface area contributed by atoms with Gasteiger partial charge in [0.1, 0.15) is 5.70 Å². The molecule has 0 spiro atoms. The van der Waals surface area contributed by atoms with E-state index in [1.54, 1.807) is 78.9 Å². The van der Waals surface area contributed by atoms with Crippen LogP contribution < -0.4 is 16.0 Å². The van der Waals surface area contributed by atoms with E-state index in [2.05, 4.69) is 16.0 Å². The van der Waals surface area contributed by atoms with Gasteiger partial charge in [-0.15, -0.1) is 11.8 Å². The van der Waals surface area contributed by atoms with Crippen LogP contribution in [0.1, 0.15) is 26.3 Å². The quantitative estimate of drug-likeness (QED) is 0.114. The van der Waals surface area contributed by atoms with Crippen molar-refractivity contribution in [1.82, 2.24) is 5.32 Å². The molecule has 0 aliphatic rings. The number of hydrogen-bond donors (Lipinski definition) is 4. The largest absolute Gasteiger partial charge is 0.478 e. The average Bonchev–Trinajstić information content (AvgIpc) is 2.98. The van der Waals surface area contributed by atoms with Crippen LogP contribution in [0.5, 0.6) is 0 Å². The Labute approximate surface area is 255 Å². The third-order valence-electron chi connectivity index (χ3n) is 5.70. The fourth-order valence-electron chi connectivity index (χ4n) is 3.64. The van der Waals surface area contributed by atoms with Crippen LogP contribution >= 0.6 is 35.0 Å². The van der Waals surface area contributed by atoms with Crippen molar-refractivity contribution in [1.29, 1.82) is 0 Å². The van der Waals surface area contributed by atoms with Crippen LogP contribution in [0.3, 0.4) is 0 Å². The van der Waals surface area contributed by atoms with Gasteiger partial charge in [-0.05, 0) is 72.3 Å². The lowest BCUT2D eigenvalue weighted by Gasteiger charge is -2.12. The summed E-state index contributed by atoms with van der Waals surface area (Å²) in [5, 5.41) is 17.8. The SMILES string of the molecule is O=C(CSc1ccc(NC(=O)/C(=C/c2ccccc2Cl)NC(=O)c2ccccc2)cc1)Nc1ccc(Cl)c(C(=O)O)c1. The summed E-state index contributed by atoms with van der Waals surface area (Å²) in [6, 6.07) is 26.5. The van der Waals surface area contributed by atoms with E-state index < -0.39 is 17.8 Å². The van der Waals surface area contributed by atoms with E-state index in [0.717, 1.165) is 4.90 Å². The topological polar surface area (TPSA) is 125 Å². The van der Waals surface area contributed by atoms with Gasteiger partial charge in [0.15, 0.2) is 0 Å². The Morgan fingerprint density at radius 2 is 1.43 bits per heavy atom. The summed E-state index contributed by atoms with van der Waals surface area (Å²) in [5.74, 6) is -2.47. The summed E-state index contributed by atoms with van der Waals surface area (Å²) in [6.07, 6.45) is 1.50. The standard InChI is InChI=1S/C31H23Cl2N3O5S/c32-25-9-5-4-8-20(25)16-27(36-29(38)19-6-2-1-3-7-19)30(39)35-21-10-13-23(14-11-21)42-18-28(37)34-22-12-15-26(33)24(17-22)31(40)41/h1-17H,18H2,(H,34,37)(H,35,39)(H,36,38)(H,40,41)/b27-16-. The Morgan fingerprint density at radius 1 is 0.762 bits per heavy atom. The molecule has 0 radical (unpaired) electrons. The third-order valence-corrected chi connectivity index (χ3v) is 7.38. The lowest BCUT2D eigenvalue weighted by molar-refractivity contribution is -0.114. The van der Waals surface area contributed by atoms with Gasteiger partial charge in [0.25, 0.3) is 11.8 Å². The van der Waals surface area contributed by atoms with Crippen molar-refractivity contribution in [3.05, 3.63) is 129 Å². The van der Waals surface area contributed by atoms with Crippen molar-refractivity contribution in [2.45, 2.75) is 4.90 Å². The number of hydrogen-bond acceptors (Lipinski definition) is 5. The highest BCUT2D eigenvalue weighted by Crippen LogP contribution is 2.24. The molecule has 0 heterocycles. The molecule has 42 heavy (non-hydrogen) atoms. The molecular formula is C31H23Cl2N3O5S. The van der Waals surface area contributed by atoms with Crippen LogP contribution in [0.15, 0.2) is 108 Å². The second kappa shape index (κ2) is 14.4. The molecule has 0 aromatic heterocycles. The molecule has 4 rings (SSSR count). The maximum Gasteiger partial charge on any atom is 0.337 e. The molecule has 11 heteroatoms. The number of carboxylic acid groups (broad SMARTS) is 1. The van der Waals surface area contributed by atoms with Crippen molar-refractivity contribution in [3.63, 3.8) is 0 Å². The number of benzene rings is 4. The van der Waals surface area contributed by atoms with Gasteiger partial charge in [-0.1, -0.05) is 59.6 Å². The Kier molecular flexibility index (Phi) is 10.4. The molecule has 0 aliphatic heterocycles. The molecule has 3 amide bonds. The highest BCUT2D eigenvalue weighted by Gasteiger charge is 2.16. The minimum atomic E-state index is -1.19. The number of carbonyl (C=O) groups is 4. The van der Waals surface area contributed by atoms with Gasteiger partial charge in [0, 0.05) is 26.9 Å². The van der Waals surface area contributed by atoms with Gasteiger partial charge in [0.05, 0.1) is 16.3 Å². The zero-order valence-corrected chi connectivity index (χ0v) is 24.1. The number of thioether (sulfide) groups is 1. The number of halogens is 2. The maximum absolute atomic E-state index is 13.2. The molecule has 0 saturated carbocycles. The van der Waals surface area contributed by atoms with E-state index in [0.29, 0.717) is 27.5 Å². The van der Waals surface area contributed by atoms with Crippen LogP contribution in [0.2, 0.25) is 10.0 Å². The summed E-state index contributed by atoms with van der Waals surface area (Å²) in [7, 11) is 0. The number of anilines is 2. The Balaban J connectivity index is 1.40. The summed E-state index contributed by atoms with van der Waals surface area (Å²) >= 11 is 13.4. The zero-order chi connectivity index (χ0) is 30.1. The normalized spacial score (nSPS) is 11.0. The molecule has 4 aromatic rings. The van der Waals surface area contributed by atoms with Crippen LogP contribution in [-0.4, -0.2) is 34.6 Å². The minimum absolute atomic E-state index is 0.000306. The van der Waals surface area contributed by atoms with Crippen molar-refractivity contribution >= 4 is 76.1 Å². The summed E-state index contributed by atoms with van der Waals surface area (Å²) in [5.41, 5.74) is 1.62. The first-order valence-electron chi connectivity index (χ1n) is 12.4. The molecule has 8 nitrogen and oxygen atoms in total. The second-order valence-corrected chi connectivity index (χ2v) is 10.6. The van der Waals surface area contributed by atoms with Gasteiger partial charge in [-0.3, -0.25) is 14.4 Å². The molecule has 0 fully saturated rings. The highest BCUT2D eigenvalue weighted by molar-refractivity contribution is 8.00. The molecule has 0 atom stereocenters. The van der Waals surface area contributed by atoms with Gasteiger partial charge >= 0.3 is 5.97 Å². The number of carboxylic acids is 1. The minimum Gasteiger partial charge on any atom is -0.478 e. The smallest absolute Gasteiger partial charge is 0.337 e. The average molecular weight is 621 g/mol. The van der Waals surface area contributed by atoms with Crippen LogP contribution in [0, 0.1) is 0 Å². The summed E-state index contributed by atoms with van der Waals surface area (Å²) in [4.78, 5) is 50.4. The van der Waals surface area contributed by atoms with Gasteiger partial charge in [0.2, 0.25) is 5.91 Å². The predicted molar refractivity (Wildman–Crippen MR) is 166 cm³/mol. The van der Waals surface area contributed by atoms with E-state index >= 15 is 0 Å². The molecule has 0 unspecified atom stereocenters. The van der Waals surface area contributed by atoms with Crippen molar-refractivity contribution in [2.24, 2.45) is 0 Å². The molecular weight excluding hydrogens is 597 g/mol.